The van der Waals surface area contributed by atoms with Gasteiger partial charge in [-0.15, -0.1) is 0 Å². The summed E-state index contributed by atoms with van der Waals surface area (Å²) in [6.45, 7) is 0.948. The minimum absolute atomic E-state index is 0.0629. The van der Waals surface area contributed by atoms with E-state index < -0.39 is 11.6 Å². The van der Waals surface area contributed by atoms with Gasteiger partial charge >= 0.3 is 0 Å². The van der Waals surface area contributed by atoms with Crippen LogP contribution in [0.5, 0.6) is 11.5 Å². The topological polar surface area (TPSA) is 101 Å². The van der Waals surface area contributed by atoms with E-state index in [0.717, 1.165) is 43.6 Å². The molecule has 0 saturated carbocycles. The second kappa shape index (κ2) is 16.6. The van der Waals surface area contributed by atoms with Crippen molar-refractivity contribution in [1.82, 2.24) is 10.9 Å². The number of hydrogen-bond acceptors (Lipinski definition) is 7. The SMILES string of the molecule is COc1ccccc1CCNNC(=O)[C@@]1(Cc2ccccc2Br)N=C(c2ccc(OCCCO)cc2)O[C@H]1c1ccc(-c2ccccc2)cc1. The number of aliphatic hydroxyl groups is 1. The number of rotatable bonds is 15. The van der Waals surface area contributed by atoms with Crippen LogP contribution in [0, 0.1) is 0 Å². The van der Waals surface area contributed by atoms with Crippen molar-refractivity contribution < 1.29 is 24.1 Å². The smallest absolute Gasteiger partial charge is 0.266 e. The van der Waals surface area contributed by atoms with E-state index in [4.69, 9.17) is 24.3 Å². The second-order valence-electron chi connectivity index (χ2n) is 12.0. The van der Waals surface area contributed by atoms with E-state index in [0.29, 0.717) is 37.6 Å². The lowest BCUT2D eigenvalue weighted by Crippen LogP contribution is -2.54. The zero-order chi connectivity index (χ0) is 34.8. The molecule has 8 nitrogen and oxygen atoms in total. The van der Waals surface area contributed by atoms with Gasteiger partial charge in [0.1, 0.15) is 11.5 Å². The van der Waals surface area contributed by atoms with Crippen molar-refractivity contribution in [1.29, 1.82) is 0 Å². The Morgan fingerprint density at radius 3 is 2.22 bits per heavy atom. The summed E-state index contributed by atoms with van der Waals surface area (Å²) in [5.74, 6) is 1.52. The summed E-state index contributed by atoms with van der Waals surface area (Å²) in [5, 5.41) is 9.12. The first kappa shape index (κ1) is 34.9. The minimum Gasteiger partial charge on any atom is -0.496 e. The molecule has 5 aromatic rings. The molecule has 0 unspecified atom stereocenters. The van der Waals surface area contributed by atoms with Crippen molar-refractivity contribution in [3.8, 4) is 22.6 Å². The highest BCUT2D eigenvalue weighted by atomic mass is 79.9. The molecule has 0 saturated heterocycles. The van der Waals surface area contributed by atoms with Gasteiger partial charge in [0.25, 0.3) is 5.91 Å². The maximum Gasteiger partial charge on any atom is 0.266 e. The number of hydrazine groups is 1. The van der Waals surface area contributed by atoms with Crippen molar-refractivity contribution in [2.45, 2.75) is 30.9 Å². The number of amides is 1. The molecule has 0 spiro atoms. The van der Waals surface area contributed by atoms with Crippen molar-refractivity contribution in [2.24, 2.45) is 4.99 Å². The highest BCUT2D eigenvalue weighted by Crippen LogP contribution is 2.43. The summed E-state index contributed by atoms with van der Waals surface area (Å²) in [4.78, 5) is 19.8. The molecule has 0 aromatic heterocycles. The lowest BCUT2D eigenvalue weighted by atomic mass is 9.82. The number of benzene rings is 5. The van der Waals surface area contributed by atoms with E-state index in [1.807, 2.05) is 103 Å². The number of aliphatic imine (C=N–C) groups is 1. The van der Waals surface area contributed by atoms with Crippen molar-refractivity contribution in [3.63, 3.8) is 0 Å². The molecule has 1 amide bonds. The summed E-state index contributed by atoms with van der Waals surface area (Å²) in [7, 11) is 1.65. The Morgan fingerprint density at radius 1 is 0.840 bits per heavy atom. The van der Waals surface area contributed by atoms with Gasteiger partial charge in [-0.05, 0) is 70.6 Å². The van der Waals surface area contributed by atoms with E-state index in [-0.39, 0.29) is 18.9 Å². The van der Waals surface area contributed by atoms with Gasteiger partial charge in [-0.25, -0.2) is 10.4 Å². The molecule has 1 heterocycles. The molecule has 3 N–H and O–H groups in total. The molecule has 256 valence electrons. The standard InChI is InChI=1S/C41H40BrN3O5/c1-48-37-15-8-6-12-31(37)24-25-43-45-40(47)41(28-34-13-5-7-14-36(34)42)38(32-18-16-30(17-19-32)29-10-3-2-4-11-29)50-39(44-41)33-20-22-35(23-21-33)49-27-9-26-46/h2-8,10-23,38,43,46H,9,24-28H2,1H3,(H,45,47)/t38-,41-/m0/s1. The number of halogens is 1. The average molecular weight is 735 g/mol. The molecule has 0 bridgehead atoms. The number of nitrogens with zero attached hydrogens (tertiary/aromatic N) is 1. The van der Waals surface area contributed by atoms with Crippen LogP contribution in [0.25, 0.3) is 11.1 Å². The largest absolute Gasteiger partial charge is 0.496 e. The molecule has 1 aliphatic rings. The van der Waals surface area contributed by atoms with Crippen molar-refractivity contribution >= 4 is 27.7 Å². The van der Waals surface area contributed by atoms with Crippen LogP contribution in [-0.4, -0.2) is 49.3 Å². The molecule has 2 atom stereocenters. The first-order valence-corrected chi connectivity index (χ1v) is 17.4. The lowest BCUT2D eigenvalue weighted by Gasteiger charge is -2.31. The normalized spacial score (nSPS) is 16.7. The monoisotopic (exact) mass is 733 g/mol. The first-order chi connectivity index (χ1) is 24.5. The summed E-state index contributed by atoms with van der Waals surface area (Å²) in [6, 6.07) is 41.4. The fourth-order valence-corrected chi connectivity index (χ4v) is 6.48. The van der Waals surface area contributed by atoms with E-state index in [1.54, 1.807) is 7.11 Å². The highest BCUT2D eigenvalue weighted by Gasteiger charge is 2.53. The maximum absolute atomic E-state index is 14.6. The Balaban J connectivity index is 1.35. The van der Waals surface area contributed by atoms with Crippen LogP contribution in [0.1, 0.15) is 34.8 Å². The fourth-order valence-electron chi connectivity index (χ4n) is 6.05. The van der Waals surface area contributed by atoms with Crippen LogP contribution < -0.4 is 20.3 Å². The van der Waals surface area contributed by atoms with Crippen molar-refractivity contribution in [3.05, 3.63) is 154 Å². The van der Waals surface area contributed by atoms with E-state index in [1.165, 1.54) is 0 Å². The number of aliphatic hydroxyl groups excluding tert-OH is 1. The number of carbonyl (C=O) groups is 1. The minimum atomic E-state index is -1.37. The quantitative estimate of drug-likeness (QED) is 0.0775. The third kappa shape index (κ3) is 8.08. The molecule has 5 aromatic carbocycles. The molecular weight excluding hydrogens is 694 g/mol. The van der Waals surface area contributed by atoms with E-state index in [2.05, 4.69) is 51.0 Å². The zero-order valence-electron chi connectivity index (χ0n) is 27.8. The molecule has 9 heteroatoms. The summed E-state index contributed by atoms with van der Waals surface area (Å²) >= 11 is 3.71. The maximum atomic E-state index is 14.6. The first-order valence-electron chi connectivity index (χ1n) is 16.7. The number of para-hydroxylation sites is 1. The van der Waals surface area contributed by atoms with Gasteiger partial charge in [-0.2, -0.15) is 0 Å². The summed E-state index contributed by atoms with van der Waals surface area (Å²) < 4.78 is 18.9. The molecule has 0 fully saturated rings. The Labute approximate surface area is 301 Å². The molecule has 0 aliphatic carbocycles. The number of hydrogen-bond donors (Lipinski definition) is 3. The Morgan fingerprint density at radius 2 is 1.50 bits per heavy atom. The van der Waals surface area contributed by atoms with Gasteiger partial charge in [-0.1, -0.05) is 107 Å². The van der Waals surface area contributed by atoms with Gasteiger partial charge in [0.15, 0.2) is 11.6 Å². The fraction of sp³-hybridized carbons (Fsp3) is 0.220. The van der Waals surface area contributed by atoms with Gasteiger partial charge < -0.3 is 19.3 Å². The molecule has 6 rings (SSSR count). The third-order valence-electron chi connectivity index (χ3n) is 8.68. The van der Waals surface area contributed by atoms with E-state index >= 15 is 0 Å². The van der Waals surface area contributed by atoms with Crippen LogP contribution in [0.3, 0.4) is 0 Å². The Bertz CT molecular complexity index is 1900. The van der Waals surface area contributed by atoms with Crippen molar-refractivity contribution in [2.75, 3.05) is 26.9 Å². The molecule has 1 aliphatic heterocycles. The molecule has 50 heavy (non-hydrogen) atoms. The lowest BCUT2D eigenvalue weighted by molar-refractivity contribution is -0.130. The molecule has 0 radical (unpaired) electrons. The predicted octanol–water partition coefficient (Wildman–Crippen LogP) is 7.25. The Hall–Kier alpha value is -4.96. The third-order valence-corrected chi connectivity index (χ3v) is 9.46. The number of nitrogens with one attached hydrogen (secondary N) is 2. The van der Waals surface area contributed by atoms with Crippen LogP contribution >= 0.6 is 15.9 Å². The second-order valence-corrected chi connectivity index (χ2v) is 12.8. The van der Waals surface area contributed by atoms with Crippen LogP contribution in [0.15, 0.2) is 137 Å². The Kier molecular flexibility index (Phi) is 11.6. The average Bonchev–Trinajstić information content (AvgIpc) is 3.55. The zero-order valence-corrected chi connectivity index (χ0v) is 29.4. The number of methoxy groups -OCH3 is 1. The number of carbonyl (C=O) groups excluding carboxylic acids is 1. The van der Waals surface area contributed by atoms with E-state index in [9.17, 15) is 4.79 Å². The van der Waals surface area contributed by atoms with Crippen LogP contribution in [-0.2, 0) is 22.4 Å². The molecular formula is C41H40BrN3O5. The number of ether oxygens (including phenoxy) is 3. The van der Waals surface area contributed by atoms with Gasteiger partial charge in [-0.3, -0.25) is 10.2 Å². The summed E-state index contributed by atoms with van der Waals surface area (Å²) in [5.41, 5.74) is 10.4. The highest BCUT2D eigenvalue weighted by molar-refractivity contribution is 9.10. The van der Waals surface area contributed by atoms with Gasteiger partial charge in [0.05, 0.1) is 13.7 Å². The summed E-state index contributed by atoms with van der Waals surface area (Å²) in [6.07, 6.45) is 0.711. The van der Waals surface area contributed by atoms with Crippen LogP contribution in [0.4, 0.5) is 0 Å². The van der Waals surface area contributed by atoms with Gasteiger partial charge in [0, 0.05) is 36.0 Å². The van der Waals surface area contributed by atoms with Crippen LogP contribution in [0.2, 0.25) is 0 Å². The van der Waals surface area contributed by atoms with Gasteiger partial charge in [0.2, 0.25) is 5.90 Å². The predicted molar refractivity (Wildman–Crippen MR) is 199 cm³/mol.